The van der Waals surface area contributed by atoms with E-state index in [0.717, 1.165) is 29.1 Å². The lowest BCUT2D eigenvalue weighted by Crippen LogP contribution is -2.33. The number of rotatable bonds is 9. The molecule has 0 aliphatic rings. The maximum Gasteiger partial charge on any atom is 0.216 e. The number of nitrogens with two attached hydrogens (primary N) is 1. The van der Waals surface area contributed by atoms with Crippen LogP contribution in [0.15, 0.2) is 24.3 Å². The maximum absolute atomic E-state index is 12.1. The van der Waals surface area contributed by atoms with Crippen molar-refractivity contribution < 1.29 is 8.42 Å². The topological polar surface area (TPSA) is 72.2 Å². The van der Waals surface area contributed by atoms with E-state index in [1.165, 1.54) is 0 Å². The molecule has 3 N–H and O–H groups in total. The highest BCUT2D eigenvalue weighted by Crippen LogP contribution is 2.09. The van der Waals surface area contributed by atoms with Crippen LogP contribution in [-0.2, 0) is 22.3 Å². The fourth-order valence-electron chi connectivity index (χ4n) is 1.80. The molecule has 0 aromatic heterocycles. The Hall–Kier alpha value is -0.560. The first-order valence-corrected chi connectivity index (χ1v) is 9.63. The van der Waals surface area contributed by atoms with Gasteiger partial charge in [0.15, 0.2) is 0 Å². The predicted molar refractivity (Wildman–Crippen MR) is 87.2 cm³/mol. The van der Waals surface area contributed by atoms with E-state index in [1.807, 2.05) is 43.0 Å². The van der Waals surface area contributed by atoms with Crippen LogP contribution in [0, 0.1) is 0 Å². The largest absolute Gasteiger partial charge is 0.326 e. The van der Waals surface area contributed by atoms with Crippen molar-refractivity contribution in [2.75, 3.05) is 11.5 Å². The number of nitrogens with one attached hydrogen (secondary N) is 1. The van der Waals surface area contributed by atoms with Crippen molar-refractivity contribution in [3.63, 3.8) is 0 Å². The summed E-state index contributed by atoms with van der Waals surface area (Å²) < 4.78 is 26.8. The monoisotopic (exact) mass is 316 g/mol. The van der Waals surface area contributed by atoms with Gasteiger partial charge in [-0.3, -0.25) is 0 Å². The molecule has 0 radical (unpaired) electrons. The van der Waals surface area contributed by atoms with E-state index in [1.54, 1.807) is 0 Å². The summed E-state index contributed by atoms with van der Waals surface area (Å²) in [6.07, 6.45) is 0.851. The molecule has 0 aliphatic carbocycles. The van der Waals surface area contributed by atoms with Crippen LogP contribution in [0.3, 0.4) is 0 Å². The van der Waals surface area contributed by atoms with Crippen molar-refractivity contribution >= 4 is 21.8 Å². The SMILES string of the molecule is CCSCCC(C)NS(=O)(=O)Cc1ccc(CN)cc1. The molecule has 1 rings (SSSR count). The van der Waals surface area contributed by atoms with Gasteiger partial charge in [0.1, 0.15) is 0 Å². The zero-order valence-electron chi connectivity index (χ0n) is 12.1. The summed E-state index contributed by atoms with van der Waals surface area (Å²) in [4.78, 5) is 0. The second-order valence-electron chi connectivity index (χ2n) is 4.78. The lowest BCUT2D eigenvalue weighted by atomic mass is 10.1. The Morgan fingerprint density at radius 2 is 1.85 bits per heavy atom. The molecular weight excluding hydrogens is 292 g/mol. The highest BCUT2D eigenvalue weighted by atomic mass is 32.2. The summed E-state index contributed by atoms with van der Waals surface area (Å²) >= 11 is 1.82. The Balaban J connectivity index is 2.51. The molecule has 0 fully saturated rings. The summed E-state index contributed by atoms with van der Waals surface area (Å²) in [5, 5.41) is 0. The molecule has 4 nitrogen and oxygen atoms in total. The number of thioether (sulfide) groups is 1. The minimum absolute atomic E-state index is 0.0170. The molecule has 0 saturated heterocycles. The minimum Gasteiger partial charge on any atom is -0.326 e. The van der Waals surface area contributed by atoms with Gasteiger partial charge in [-0.15, -0.1) is 0 Å². The Morgan fingerprint density at radius 3 is 2.40 bits per heavy atom. The Bertz CT molecular complexity index is 486. The van der Waals surface area contributed by atoms with E-state index < -0.39 is 10.0 Å². The van der Waals surface area contributed by atoms with Crippen molar-refractivity contribution in [2.24, 2.45) is 5.73 Å². The average molecular weight is 316 g/mol. The third-order valence-corrected chi connectivity index (χ3v) is 5.30. The fraction of sp³-hybridized carbons (Fsp3) is 0.571. The van der Waals surface area contributed by atoms with Crippen LogP contribution in [0.1, 0.15) is 31.4 Å². The smallest absolute Gasteiger partial charge is 0.216 e. The first-order valence-electron chi connectivity index (χ1n) is 6.82. The summed E-state index contributed by atoms with van der Waals surface area (Å²) in [5.41, 5.74) is 7.30. The molecule has 20 heavy (non-hydrogen) atoms. The van der Waals surface area contributed by atoms with Crippen LogP contribution in [-0.4, -0.2) is 26.0 Å². The van der Waals surface area contributed by atoms with E-state index >= 15 is 0 Å². The second-order valence-corrected chi connectivity index (χ2v) is 7.93. The lowest BCUT2D eigenvalue weighted by molar-refractivity contribution is 0.556. The highest BCUT2D eigenvalue weighted by Gasteiger charge is 2.15. The molecule has 1 aromatic carbocycles. The molecule has 0 amide bonds. The van der Waals surface area contributed by atoms with Crippen molar-refractivity contribution in [1.29, 1.82) is 0 Å². The summed E-state index contributed by atoms with van der Waals surface area (Å²) in [6, 6.07) is 7.35. The van der Waals surface area contributed by atoms with Gasteiger partial charge in [-0.05, 0) is 36.0 Å². The highest BCUT2D eigenvalue weighted by molar-refractivity contribution is 7.99. The van der Waals surface area contributed by atoms with E-state index in [0.29, 0.717) is 6.54 Å². The minimum atomic E-state index is -3.28. The van der Waals surface area contributed by atoms with Crippen molar-refractivity contribution in [1.82, 2.24) is 4.72 Å². The van der Waals surface area contributed by atoms with E-state index in [2.05, 4.69) is 11.6 Å². The van der Waals surface area contributed by atoms with Gasteiger partial charge in [0.05, 0.1) is 5.75 Å². The van der Waals surface area contributed by atoms with Gasteiger partial charge in [0.2, 0.25) is 10.0 Å². The summed E-state index contributed by atoms with van der Waals surface area (Å²) in [6.45, 7) is 4.48. The third kappa shape index (κ3) is 6.74. The molecule has 0 aliphatic heterocycles. The van der Waals surface area contributed by atoms with Crippen molar-refractivity contribution in [2.45, 2.75) is 38.6 Å². The summed E-state index contributed by atoms with van der Waals surface area (Å²) in [7, 11) is -3.28. The molecule has 0 bridgehead atoms. The number of hydrogen-bond acceptors (Lipinski definition) is 4. The standard InChI is InChI=1S/C14H24N2O2S2/c1-3-19-9-8-12(2)16-20(17,18)11-14-6-4-13(10-15)5-7-14/h4-7,12,16H,3,8-11,15H2,1-2H3. The molecule has 1 aromatic rings. The van der Waals surface area contributed by atoms with Crippen LogP contribution < -0.4 is 10.5 Å². The number of hydrogen-bond donors (Lipinski definition) is 2. The molecule has 114 valence electrons. The van der Waals surface area contributed by atoms with Gasteiger partial charge in [-0.2, -0.15) is 11.8 Å². The molecule has 0 heterocycles. The Kier molecular flexibility index (Phi) is 7.58. The normalized spacial score (nSPS) is 13.3. The third-order valence-electron chi connectivity index (χ3n) is 2.90. The Labute approximate surface area is 126 Å². The summed E-state index contributed by atoms with van der Waals surface area (Å²) in [5.74, 6) is 2.06. The lowest BCUT2D eigenvalue weighted by Gasteiger charge is -2.14. The number of sulfonamides is 1. The Morgan fingerprint density at radius 1 is 1.25 bits per heavy atom. The van der Waals surface area contributed by atoms with Gasteiger partial charge in [-0.25, -0.2) is 13.1 Å². The second kappa shape index (κ2) is 8.67. The van der Waals surface area contributed by atoms with Crippen molar-refractivity contribution in [3.8, 4) is 0 Å². The molecule has 0 spiro atoms. The van der Waals surface area contributed by atoms with Crippen LogP contribution >= 0.6 is 11.8 Å². The first-order chi connectivity index (χ1) is 9.46. The molecular formula is C14H24N2O2S2. The van der Waals surface area contributed by atoms with Crippen molar-refractivity contribution in [3.05, 3.63) is 35.4 Å². The van der Waals surface area contributed by atoms with Gasteiger partial charge in [-0.1, -0.05) is 31.2 Å². The van der Waals surface area contributed by atoms with Gasteiger partial charge in [0, 0.05) is 12.6 Å². The molecule has 6 heteroatoms. The molecule has 0 saturated carbocycles. The van der Waals surface area contributed by atoms with E-state index in [-0.39, 0.29) is 11.8 Å². The quantitative estimate of drug-likeness (QED) is 0.684. The van der Waals surface area contributed by atoms with Crippen LogP contribution in [0.4, 0.5) is 0 Å². The fourth-order valence-corrected chi connectivity index (χ4v) is 4.06. The predicted octanol–water partition coefficient (Wildman–Crippen LogP) is 2.10. The van der Waals surface area contributed by atoms with E-state index in [4.69, 9.17) is 5.73 Å². The van der Waals surface area contributed by atoms with Crippen LogP contribution in [0.2, 0.25) is 0 Å². The number of benzene rings is 1. The van der Waals surface area contributed by atoms with Crippen LogP contribution in [0.25, 0.3) is 0 Å². The van der Waals surface area contributed by atoms with Crippen LogP contribution in [0.5, 0.6) is 0 Å². The zero-order valence-corrected chi connectivity index (χ0v) is 13.8. The first kappa shape index (κ1) is 17.5. The van der Waals surface area contributed by atoms with E-state index in [9.17, 15) is 8.42 Å². The molecule has 1 unspecified atom stereocenters. The maximum atomic E-state index is 12.1. The zero-order chi connectivity index (χ0) is 15.0. The average Bonchev–Trinajstić information content (AvgIpc) is 2.38. The van der Waals surface area contributed by atoms with Gasteiger partial charge < -0.3 is 5.73 Å². The van der Waals surface area contributed by atoms with Gasteiger partial charge in [0.25, 0.3) is 0 Å². The van der Waals surface area contributed by atoms with Gasteiger partial charge >= 0.3 is 0 Å². The molecule has 1 atom stereocenters.